The quantitative estimate of drug-likeness (QED) is 0.862. The van der Waals surface area contributed by atoms with Crippen LogP contribution in [-0.2, 0) is 5.60 Å². The Balaban J connectivity index is 2.29. The van der Waals surface area contributed by atoms with E-state index in [-0.39, 0.29) is 0 Å². The topological polar surface area (TPSA) is 20.2 Å². The van der Waals surface area contributed by atoms with Gasteiger partial charge in [0, 0.05) is 4.47 Å². The fourth-order valence-corrected chi connectivity index (χ4v) is 3.47. The summed E-state index contributed by atoms with van der Waals surface area (Å²) in [4.78, 5) is 0. The molecule has 0 radical (unpaired) electrons. The van der Waals surface area contributed by atoms with Crippen LogP contribution < -0.4 is 0 Å². The summed E-state index contributed by atoms with van der Waals surface area (Å²) in [5.74, 6) is 0.426. The summed E-state index contributed by atoms with van der Waals surface area (Å²) in [6.45, 7) is 2.09. The molecule has 1 aromatic rings. The van der Waals surface area contributed by atoms with Crippen molar-refractivity contribution in [3.8, 4) is 0 Å². The maximum atomic E-state index is 11.0. The molecule has 1 aromatic carbocycles. The highest BCUT2D eigenvalue weighted by Gasteiger charge is 2.37. The van der Waals surface area contributed by atoms with E-state index in [0.717, 1.165) is 29.3 Å². The first-order chi connectivity index (χ1) is 8.16. The Labute approximate surface area is 112 Å². The molecular formula is C15H21BrO. The third kappa shape index (κ3) is 2.74. The van der Waals surface area contributed by atoms with Crippen LogP contribution in [0.25, 0.3) is 0 Å². The van der Waals surface area contributed by atoms with E-state index in [1.54, 1.807) is 0 Å². The highest BCUT2D eigenvalue weighted by molar-refractivity contribution is 9.10. The Morgan fingerprint density at radius 1 is 1.29 bits per heavy atom. The van der Waals surface area contributed by atoms with Crippen LogP contribution in [0.1, 0.15) is 51.0 Å². The Morgan fingerprint density at radius 3 is 2.59 bits per heavy atom. The summed E-state index contributed by atoms with van der Waals surface area (Å²) >= 11 is 3.50. The van der Waals surface area contributed by atoms with Gasteiger partial charge in [-0.15, -0.1) is 0 Å². The van der Waals surface area contributed by atoms with Crippen LogP contribution in [0.15, 0.2) is 28.7 Å². The van der Waals surface area contributed by atoms with Crippen LogP contribution in [0.4, 0.5) is 0 Å². The molecule has 0 amide bonds. The molecule has 94 valence electrons. The van der Waals surface area contributed by atoms with E-state index < -0.39 is 5.60 Å². The smallest absolute Gasteiger partial charge is 0.0922 e. The van der Waals surface area contributed by atoms with Gasteiger partial charge in [-0.05, 0) is 42.9 Å². The summed E-state index contributed by atoms with van der Waals surface area (Å²) in [7, 11) is 0. The molecule has 1 unspecified atom stereocenters. The van der Waals surface area contributed by atoms with Gasteiger partial charge in [-0.25, -0.2) is 0 Å². The molecular weight excluding hydrogens is 276 g/mol. The second-order valence-electron chi connectivity index (χ2n) is 5.12. The van der Waals surface area contributed by atoms with Crippen molar-refractivity contribution in [1.82, 2.24) is 0 Å². The van der Waals surface area contributed by atoms with Crippen LogP contribution in [0.3, 0.4) is 0 Å². The predicted octanol–water partition coefficient (Wildman–Crippen LogP) is 4.63. The Hall–Kier alpha value is -0.340. The van der Waals surface area contributed by atoms with Crippen molar-refractivity contribution in [2.75, 3.05) is 0 Å². The normalized spacial score (nSPS) is 21.1. The lowest BCUT2D eigenvalue weighted by atomic mass is 9.72. The molecule has 1 saturated carbocycles. The summed E-state index contributed by atoms with van der Waals surface area (Å²) in [5.41, 5.74) is 0.436. The first kappa shape index (κ1) is 13.1. The molecule has 1 aliphatic rings. The summed E-state index contributed by atoms with van der Waals surface area (Å²) in [5, 5.41) is 11.0. The highest BCUT2D eigenvalue weighted by atomic mass is 79.9. The van der Waals surface area contributed by atoms with Crippen molar-refractivity contribution in [3.63, 3.8) is 0 Å². The number of hydrogen-bond acceptors (Lipinski definition) is 1. The van der Waals surface area contributed by atoms with Crippen LogP contribution >= 0.6 is 15.9 Å². The molecule has 0 heterocycles. The zero-order valence-corrected chi connectivity index (χ0v) is 12.0. The molecule has 1 fully saturated rings. The first-order valence-electron chi connectivity index (χ1n) is 6.65. The second kappa shape index (κ2) is 5.53. The van der Waals surface area contributed by atoms with Crippen molar-refractivity contribution in [3.05, 3.63) is 34.3 Å². The molecule has 1 atom stereocenters. The standard InChI is InChI=1S/C15H21BrO/c1-2-15(17,12-7-4-3-5-8-12)13-9-6-10-14(16)11-13/h6,9-12,17H,2-5,7-8H2,1H3. The zero-order valence-electron chi connectivity index (χ0n) is 10.5. The minimum Gasteiger partial charge on any atom is -0.385 e. The van der Waals surface area contributed by atoms with Crippen molar-refractivity contribution in [1.29, 1.82) is 0 Å². The van der Waals surface area contributed by atoms with Crippen LogP contribution in [0.2, 0.25) is 0 Å². The fourth-order valence-electron chi connectivity index (χ4n) is 3.07. The molecule has 2 rings (SSSR count). The van der Waals surface area contributed by atoms with E-state index in [1.807, 2.05) is 12.1 Å². The van der Waals surface area contributed by atoms with E-state index in [4.69, 9.17) is 0 Å². The summed E-state index contributed by atoms with van der Waals surface area (Å²) in [6.07, 6.45) is 6.98. The lowest BCUT2D eigenvalue weighted by molar-refractivity contribution is -0.0422. The maximum Gasteiger partial charge on any atom is 0.0922 e. The van der Waals surface area contributed by atoms with Crippen LogP contribution in [0.5, 0.6) is 0 Å². The molecule has 0 aromatic heterocycles. The number of halogens is 1. The van der Waals surface area contributed by atoms with Gasteiger partial charge in [-0.1, -0.05) is 54.2 Å². The molecule has 1 nitrogen and oxygen atoms in total. The van der Waals surface area contributed by atoms with Gasteiger partial charge in [0.15, 0.2) is 0 Å². The van der Waals surface area contributed by atoms with Gasteiger partial charge in [-0.2, -0.15) is 0 Å². The van der Waals surface area contributed by atoms with Gasteiger partial charge in [0.25, 0.3) is 0 Å². The average molecular weight is 297 g/mol. The van der Waals surface area contributed by atoms with Crippen molar-refractivity contribution in [2.45, 2.75) is 51.0 Å². The maximum absolute atomic E-state index is 11.0. The Kier molecular flexibility index (Phi) is 4.26. The fraction of sp³-hybridized carbons (Fsp3) is 0.600. The molecule has 2 heteroatoms. The summed E-state index contributed by atoms with van der Waals surface area (Å²) < 4.78 is 1.05. The third-order valence-corrected chi connectivity index (χ3v) is 4.64. The minimum absolute atomic E-state index is 0.426. The van der Waals surface area contributed by atoms with Gasteiger partial charge in [0.1, 0.15) is 0 Å². The average Bonchev–Trinajstić information content (AvgIpc) is 2.39. The molecule has 0 saturated heterocycles. The van der Waals surface area contributed by atoms with E-state index in [0.29, 0.717) is 5.92 Å². The lowest BCUT2D eigenvalue weighted by Gasteiger charge is -2.38. The highest BCUT2D eigenvalue weighted by Crippen LogP contribution is 2.41. The number of hydrogen-bond donors (Lipinski definition) is 1. The van der Waals surface area contributed by atoms with Crippen LogP contribution in [0, 0.1) is 5.92 Å². The SMILES string of the molecule is CCC(O)(c1cccc(Br)c1)C1CCCCC1. The van der Waals surface area contributed by atoms with E-state index in [2.05, 4.69) is 35.0 Å². The summed E-state index contributed by atoms with van der Waals surface area (Å²) in [6, 6.07) is 8.16. The molecule has 1 aliphatic carbocycles. The predicted molar refractivity (Wildman–Crippen MR) is 74.9 cm³/mol. The van der Waals surface area contributed by atoms with Crippen molar-refractivity contribution < 1.29 is 5.11 Å². The van der Waals surface area contributed by atoms with Crippen molar-refractivity contribution >= 4 is 15.9 Å². The monoisotopic (exact) mass is 296 g/mol. The molecule has 17 heavy (non-hydrogen) atoms. The third-order valence-electron chi connectivity index (χ3n) is 4.14. The van der Waals surface area contributed by atoms with Crippen molar-refractivity contribution in [2.24, 2.45) is 5.92 Å². The molecule has 0 spiro atoms. The largest absolute Gasteiger partial charge is 0.385 e. The van der Waals surface area contributed by atoms with Gasteiger partial charge >= 0.3 is 0 Å². The number of aliphatic hydroxyl groups is 1. The van der Waals surface area contributed by atoms with Gasteiger partial charge in [0.05, 0.1) is 5.60 Å². The Morgan fingerprint density at radius 2 is 2.00 bits per heavy atom. The molecule has 1 N–H and O–H groups in total. The van der Waals surface area contributed by atoms with E-state index in [9.17, 15) is 5.11 Å². The number of rotatable bonds is 3. The minimum atomic E-state index is -0.635. The number of benzene rings is 1. The molecule has 0 bridgehead atoms. The second-order valence-corrected chi connectivity index (χ2v) is 6.04. The van der Waals surface area contributed by atoms with Crippen LogP contribution in [-0.4, -0.2) is 5.11 Å². The first-order valence-corrected chi connectivity index (χ1v) is 7.44. The van der Waals surface area contributed by atoms with Gasteiger partial charge in [0.2, 0.25) is 0 Å². The lowest BCUT2D eigenvalue weighted by Crippen LogP contribution is -2.35. The zero-order chi connectivity index (χ0) is 12.3. The molecule has 0 aliphatic heterocycles. The van der Waals surface area contributed by atoms with E-state index in [1.165, 1.54) is 19.3 Å². The van der Waals surface area contributed by atoms with Gasteiger partial charge < -0.3 is 5.11 Å². The van der Waals surface area contributed by atoms with E-state index >= 15 is 0 Å². The van der Waals surface area contributed by atoms with Gasteiger partial charge in [-0.3, -0.25) is 0 Å². The Bertz CT molecular complexity index is 371.